The number of nitrogens with zero attached hydrogens (tertiary/aromatic N) is 1. The predicted molar refractivity (Wildman–Crippen MR) is 161 cm³/mol. The Hall–Kier alpha value is -2.21. The summed E-state index contributed by atoms with van der Waals surface area (Å²) in [6.07, 6.45) is 12.9. The molecule has 2 heterocycles. The van der Waals surface area contributed by atoms with Crippen LogP contribution in [0, 0.1) is 35.5 Å². The molecule has 0 N–H and O–H groups in total. The lowest BCUT2D eigenvalue weighted by atomic mass is 9.76. The van der Waals surface area contributed by atoms with Gasteiger partial charge in [-0.15, -0.1) is 0 Å². The van der Waals surface area contributed by atoms with Crippen molar-refractivity contribution in [3.63, 3.8) is 0 Å². The molecule has 7 nitrogen and oxygen atoms in total. The molecule has 0 amide bonds. The van der Waals surface area contributed by atoms with Crippen molar-refractivity contribution in [2.75, 3.05) is 0 Å². The summed E-state index contributed by atoms with van der Waals surface area (Å²) in [5, 5.41) is 0. The fourth-order valence-corrected chi connectivity index (χ4v) is 8.53. The SMILES string of the molecule is CC(C)[C@@H]1CC[C@@H](C)[C@H](OP(=O)(O[C@@H]2C[C@H](C(C)C)CC[C@@H]2C)[C@H](OC(=O)/C=C/c2ccco2)c2cccnc2)C1. The molecule has 0 spiro atoms. The van der Waals surface area contributed by atoms with E-state index in [1.54, 1.807) is 36.7 Å². The van der Waals surface area contributed by atoms with E-state index in [0.717, 1.165) is 38.5 Å². The Morgan fingerprint density at radius 1 is 0.951 bits per heavy atom. The molecule has 8 atom stereocenters. The van der Waals surface area contributed by atoms with Crippen molar-refractivity contribution in [1.82, 2.24) is 4.98 Å². The molecule has 0 radical (unpaired) electrons. The second-order valence-corrected chi connectivity index (χ2v) is 14.8. The summed E-state index contributed by atoms with van der Waals surface area (Å²) in [6, 6.07) is 6.99. The summed E-state index contributed by atoms with van der Waals surface area (Å²) in [6.45, 7) is 13.2. The van der Waals surface area contributed by atoms with Crippen LogP contribution in [0.5, 0.6) is 0 Å². The van der Waals surface area contributed by atoms with Crippen LogP contribution < -0.4 is 0 Å². The molecule has 226 valence electrons. The molecule has 1 unspecified atom stereocenters. The summed E-state index contributed by atoms with van der Waals surface area (Å²) >= 11 is 0. The van der Waals surface area contributed by atoms with Crippen LogP contribution >= 0.6 is 7.60 Å². The molecule has 2 aliphatic carbocycles. The number of carbonyl (C=O) groups is 1. The van der Waals surface area contributed by atoms with Crippen LogP contribution in [0.3, 0.4) is 0 Å². The van der Waals surface area contributed by atoms with Gasteiger partial charge in [0.25, 0.3) is 0 Å². The zero-order valence-electron chi connectivity index (χ0n) is 25.5. The topological polar surface area (TPSA) is 87.9 Å². The molecular formula is C33H48NO6P. The molecule has 0 saturated heterocycles. The minimum absolute atomic E-state index is 0.207. The van der Waals surface area contributed by atoms with E-state index < -0.39 is 19.4 Å². The van der Waals surface area contributed by atoms with Crippen molar-refractivity contribution in [3.8, 4) is 0 Å². The molecule has 0 aromatic carbocycles. The number of ether oxygens (including phenoxy) is 1. The van der Waals surface area contributed by atoms with E-state index in [4.69, 9.17) is 18.2 Å². The number of aromatic nitrogens is 1. The van der Waals surface area contributed by atoms with Crippen LogP contribution in [0.2, 0.25) is 0 Å². The Bertz CT molecular complexity index is 1130. The molecule has 2 fully saturated rings. The van der Waals surface area contributed by atoms with Gasteiger partial charge in [0.05, 0.1) is 18.5 Å². The predicted octanol–water partition coefficient (Wildman–Crippen LogP) is 9.08. The first-order chi connectivity index (χ1) is 19.6. The summed E-state index contributed by atoms with van der Waals surface area (Å²) in [5.41, 5.74) is 0.489. The average Bonchev–Trinajstić information content (AvgIpc) is 3.47. The smallest absolute Gasteiger partial charge is 0.376 e. The van der Waals surface area contributed by atoms with Crippen LogP contribution in [0.4, 0.5) is 0 Å². The van der Waals surface area contributed by atoms with Crippen molar-refractivity contribution in [1.29, 1.82) is 0 Å². The Labute approximate surface area is 246 Å². The highest BCUT2D eigenvalue weighted by Gasteiger charge is 2.48. The molecule has 4 rings (SSSR count). The largest absolute Gasteiger partial charge is 0.465 e. The summed E-state index contributed by atoms with van der Waals surface area (Å²) in [4.78, 5) is 17.4. The van der Waals surface area contributed by atoms with E-state index >= 15 is 4.57 Å². The second-order valence-electron chi connectivity index (χ2n) is 12.8. The number of hydrogen-bond donors (Lipinski definition) is 0. The van der Waals surface area contributed by atoms with Crippen molar-refractivity contribution >= 4 is 19.6 Å². The highest BCUT2D eigenvalue weighted by molar-refractivity contribution is 7.54. The Balaban J connectivity index is 1.69. The lowest BCUT2D eigenvalue weighted by Gasteiger charge is -2.42. The van der Waals surface area contributed by atoms with E-state index in [-0.39, 0.29) is 24.0 Å². The Morgan fingerprint density at radius 3 is 2.05 bits per heavy atom. The number of hydrogen-bond acceptors (Lipinski definition) is 7. The summed E-state index contributed by atoms with van der Waals surface area (Å²) in [5.74, 6) is 0.965. The molecule has 2 saturated carbocycles. The highest BCUT2D eigenvalue weighted by atomic mass is 31.2. The van der Waals surface area contributed by atoms with Gasteiger partial charge in [-0.1, -0.05) is 47.6 Å². The van der Waals surface area contributed by atoms with Crippen LogP contribution in [-0.2, 0) is 23.1 Å². The maximum atomic E-state index is 15.3. The first-order valence-electron chi connectivity index (χ1n) is 15.3. The molecule has 0 aliphatic heterocycles. The van der Waals surface area contributed by atoms with Gasteiger partial charge in [0.1, 0.15) is 5.76 Å². The molecule has 2 aromatic rings. The number of rotatable bonds is 11. The third-order valence-corrected chi connectivity index (χ3v) is 11.3. The molecule has 0 bridgehead atoms. The highest BCUT2D eigenvalue weighted by Crippen LogP contribution is 2.65. The van der Waals surface area contributed by atoms with Gasteiger partial charge in [0.15, 0.2) is 0 Å². The first-order valence-corrected chi connectivity index (χ1v) is 17.0. The van der Waals surface area contributed by atoms with Gasteiger partial charge in [-0.05, 0) is 98.3 Å². The third-order valence-electron chi connectivity index (χ3n) is 9.19. The normalized spacial score (nSPS) is 29.5. The number of furan rings is 1. The maximum Gasteiger partial charge on any atom is 0.376 e. The fourth-order valence-electron chi connectivity index (χ4n) is 6.16. The minimum Gasteiger partial charge on any atom is -0.465 e. The van der Waals surface area contributed by atoms with E-state index in [2.05, 4.69) is 46.5 Å². The van der Waals surface area contributed by atoms with Crippen LogP contribution in [0.15, 0.2) is 53.4 Å². The van der Waals surface area contributed by atoms with Crippen LogP contribution in [0.1, 0.15) is 97.2 Å². The van der Waals surface area contributed by atoms with E-state index in [0.29, 0.717) is 35.0 Å². The standard InChI is InChI=1S/C33H48NO6P/c1-22(2)26-13-11-24(5)30(19-26)39-41(36,40-31-20-27(23(3)4)14-12-25(31)6)33(28-9-7-17-34-21-28)38-32(35)16-15-29-10-8-18-37-29/h7-10,15-18,21-27,30-31,33H,11-14,19-20H2,1-6H3/b16-15+/t24-,25+,26-,27-,30-,31-,33+,41?/m1/s1. The van der Waals surface area contributed by atoms with Crippen molar-refractivity contribution in [3.05, 3.63) is 60.3 Å². The van der Waals surface area contributed by atoms with Gasteiger partial charge in [-0.25, -0.2) is 4.79 Å². The van der Waals surface area contributed by atoms with Gasteiger partial charge in [0.2, 0.25) is 5.85 Å². The maximum absolute atomic E-state index is 15.3. The van der Waals surface area contributed by atoms with Gasteiger partial charge >= 0.3 is 13.6 Å². The molecule has 41 heavy (non-hydrogen) atoms. The molecule has 2 aliphatic rings. The zero-order valence-corrected chi connectivity index (χ0v) is 26.4. The fraction of sp³-hybridized carbons (Fsp3) is 0.636. The first kappa shape index (κ1) is 31.7. The molecule has 2 aromatic heterocycles. The van der Waals surface area contributed by atoms with Crippen LogP contribution in [-0.4, -0.2) is 23.2 Å². The van der Waals surface area contributed by atoms with E-state index in [1.165, 1.54) is 18.4 Å². The quantitative estimate of drug-likeness (QED) is 0.148. The number of carbonyl (C=O) groups excluding carboxylic acids is 1. The van der Waals surface area contributed by atoms with Gasteiger partial charge in [0, 0.05) is 24.0 Å². The van der Waals surface area contributed by atoms with Gasteiger partial charge in [-0.2, -0.15) is 0 Å². The molecular weight excluding hydrogens is 537 g/mol. The lowest BCUT2D eigenvalue weighted by Crippen LogP contribution is -2.35. The minimum atomic E-state index is -4.05. The average molecular weight is 586 g/mol. The van der Waals surface area contributed by atoms with Gasteiger partial charge < -0.3 is 18.2 Å². The Morgan fingerprint density at radius 2 is 1.56 bits per heavy atom. The molecule has 8 heteroatoms. The van der Waals surface area contributed by atoms with Crippen molar-refractivity contribution in [2.24, 2.45) is 35.5 Å². The van der Waals surface area contributed by atoms with Crippen molar-refractivity contribution in [2.45, 2.75) is 98.1 Å². The zero-order chi connectivity index (χ0) is 29.6. The summed E-state index contributed by atoms with van der Waals surface area (Å²) < 4.78 is 39.9. The Kier molecular flexibility index (Phi) is 11.1. The third kappa shape index (κ3) is 8.43. The monoisotopic (exact) mass is 585 g/mol. The van der Waals surface area contributed by atoms with Gasteiger partial charge in [-0.3, -0.25) is 9.55 Å². The number of pyridine rings is 1. The van der Waals surface area contributed by atoms with Crippen molar-refractivity contribution < 1.29 is 27.6 Å². The van der Waals surface area contributed by atoms with E-state index in [1.807, 2.05) is 0 Å². The van der Waals surface area contributed by atoms with E-state index in [9.17, 15) is 4.79 Å². The second kappa shape index (κ2) is 14.3. The van der Waals surface area contributed by atoms with Crippen LogP contribution in [0.25, 0.3) is 6.08 Å². The number of esters is 1. The summed E-state index contributed by atoms with van der Waals surface area (Å²) in [7, 11) is -4.05. The lowest BCUT2D eigenvalue weighted by molar-refractivity contribution is -0.141.